The van der Waals surface area contributed by atoms with Crippen molar-refractivity contribution in [3.63, 3.8) is 0 Å². The van der Waals surface area contributed by atoms with Gasteiger partial charge >= 0.3 is 5.97 Å². The number of carbonyl (C=O) groups is 2. The number of rotatable bonds is 3. The first-order valence-corrected chi connectivity index (χ1v) is 19.5. The van der Waals surface area contributed by atoms with Crippen molar-refractivity contribution < 1.29 is 19.1 Å². The monoisotopic (exact) mass is 664 g/mol. The number of nitrogens with zero attached hydrogens (tertiary/aromatic N) is 1. The van der Waals surface area contributed by atoms with E-state index < -0.39 is 0 Å². The molecule has 0 bridgehead atoms. The summed E-state index contributed by atoms with van der Waals surface area (Å²) in [7, 11) is 1.39. The first kappa shape index (κ1) is 41.6. The average molecular weight is 664 g/mol. The van der Waals surface area contributed by atoms with Gasteiger partial charge in [0.15, 0.2) is 5.78 Å². The number of esters is 1. The summed E-state index contributed by atoms with van der Waals surface area (Å²) in [4.78, 5) is 26.3. The first-order chi connectivity index (χ1) is 22.9. The molecule has 1 aromatic carbocycles. The summed E-state index contributed by atoms with van der Waals surface area (Å²) < 4.78 is 10.7. The molecule has 1 aromatic rings. The molecule has 3 unspecified atom stereocenters. The van der Waals surface area contributed by atoms with Gasteiger partial charge in [0.25, 0.3) is 6.26 Å². The van der Waals surface area contributed by atoms with Gasteiger partial charge in [-0.3, -0.25) is 4.79 Å². The van der Waals surface area contributed by atoms with Gasteiger partial charge in [0.2, 0.25) is 0 Å². The first-order valence-electron chi connectivity index (χ1n) is 19.5. The Balaban J connectivity index is 0.000000816. The Morgan fingerprint density at radius 2 is 1.44 bits per heavy atom. The Morgan fingerprint density at radius 3 is 2.00 bits per heavy atom. The molecule has 0 N–H and O–H groups in total. The molecule has 0 saturated heterocycles. The number of ether oxygens (including phenoxy) is 2. The molecule has 5 aliphatic rings. The van der Waals surface area contributed by atoms with Crippen molar-refractivity contribution in [2.24, 2.45) is 45.8 Å². The van der Waals surface area contributed by atoms with Crippen LogP contribution in [0.3, 0.4) is 0 Å². The van der Waals surface area contributed by atoms with Crippen LogP contribution in [0.1, 0.15) is 163 Å². The third kappa shape index (κ3) is 7.02. The van der Waals surface area contributed by atoms with Crippen molar-refractivity contribution in [3.8, 4) is 6.26 Å². The molecule has 0 spiro atoms. The van der Waals surface area contributed by atoms with Crippen LogP contribution in [-0.2, 0) is 14.3 Å². The molecule has 0 aromatic heterocycles. The molecule has 5 nitrogen and oxygen atoms in total. The summed E-state index contributed by atoms with van der Waals surface area (Å²) in [5.74, 6) is 2.25. The zero-order chi connectivity index (χ0) is 36.5. The molecule has 8 atom stereocenters. The van der Waals surface area contributed by atoms with Crippen molar-refractivity contribution in [3.05, 3.63) is 41.5 Å². The summed E-state index contributed by atoms with van der Waals surface area (Å²) in [5, 5.41) is 9.45. The normalized spacial score (nSPS) is 35.0. The van der Waals surface area contributed by atoms with Gasteiger partial charge in [0.05, 0.1) is 12.7 Å². The molecule has 0 heterocycles. The van der Waals surface area contributed by atoms with Crippen molar-refractivity contribution in [2.75, 3.05) is 7.11 Å². The average Bonchev–Trinajstić information content (AvgIpc) is 3.53. The number of hydrogen-bond acceptors (Lipinski definition) is 5. The Labute approximate surface area is 294 Å². The maximum absolute atomic E-state index is 14.3. The molecule has 0 radical (unpaired) electrons. The quantitative estimate of drug-likeness (QED) is 0.238. The molecule has 4 fully saturated rings. The number of methoxy groups -OCH3 is 1. The van der Waals surface area contributed by atoms with Crippen LogP contribution < -0.4 is 0 Å². The summed E-state index contributed by atoms with van der Waals surface area (Å²) in [6.07, 6.45) is 15.2. The molecular formula is C43H69NO4. The van der Waals surface area contributed by atoms with E-state index in [1.165, 1.54) is 20.0 Å². The minimum atomic E-state index is -0.385. The molecular weight excluding hydrogens is 594 g/mol. The lowest BCUT2D eigenvalue weighted by atomic mass is 9.36. The van der Waals surface area contributed by atoms with E-state index in [-0.39, 0.29) is 39.5 Å². The standard InChI is InChI=1S/C34H43NO4.C3H8.3C2H6/c1-31(2)26(21-8-10-22(11-9-21)30(37)38-5)19-29(36)33(4)27(31)15-17-32(3)24-14-18-34(39-20-35)16-6-7-25(34)23(24)12-13-28(32)33;1-3-2;3*1-2/h8-11,19,23-25,27-28H,6-7,12-18H2,1-5H3;3H2,1-2H3;3*1-2H3/t23-,24?,25+,27?,28?,32-,33-,34-;;;;/m0..../s1. The molecule has 48 heavy (non-hydrogen) atoms. The Hall–Kier alpha value is -2.61. The lowest BCUT2D eigenvalue weighted by molar-refractivity contribution is -0.191. The zero-order valence-corrected chi connectivity index (χ0v) is 32.9. The van der Waals surface area contributed by atoms with E-state index in [1.807, 2.05) is 59.8 Å². The highest BCUT2D eigenvalue weighted by molar-refractivity contribution is 6.04. The highest BCUT2D eigenvalue weighted by Gasteiger charge is 2.68. The summed E-state index contributed by atoms with van der Waals surface area (Å²) in [6.45, 7) is 25.7. The molecule has 5 aliphatic carbocycles. The molecule has 4 saturated carbocycles. The lowest BCUT2D eigenvalue weighted by Crippen LogP contribution is -2.64. The van der Waals surface area contributed by atoms with Gasteiger partial charge in [-0.1, -0.05) is 102 Å². The van der Waals surface area contributed by atoms with Crippen LogP contribution in [0.15, 0.2) is 30.3 Å². The van der Waals surface area contributed by atoms with Crippen LogP contribution in [0.5, 0.6) is 0 Å². The van der Waals surface area contributed by atoms with Crippen LogP contribution in [0.25, 0.3) is 5.57 Å². The lowest BCUT2D eigenvalue weighted by Gasteiger charge is -2.67. The van der Waals surface area contributed by atoms with E-state index >= 15 is 0 Å². The molecule has 0 amide bonds. The van der Waals surface area contributed by atoms with Crippen molar-refractivity contribution in [1.82, 2.24) is 0 Å². The fourth-order valence-electron chi connectivity index (χ4n) is 11.1. The zero-order valence-electron chi connectivity index (χ0n) is 32.9. The number of benzene rings is 1. The van der Waals surface area contributed by atoms with Gasteiger partial charge in [0, 0.05) is 11.3 Å². The van der Waals surface area contributed by atoms with Crippen molar-refractivity contribution >= 4 is 17.3 Å². The van der Waals surface area contributed by atoms with Crippen LogP contribution in [-0.4, -0.2) is 24.5 Å². The minimum Gasteiger partial charge on any atom is -0.465 e. The molecule has 6 rings (SSSR count). The second-order valence-electron chi connectivity index (χ2n) is 15.0. The second-order valence-corrected chi connectivity index (χ2v) is 15.0. The Morgan fingerprint density at radius 1 is 0.833 bits per heavy atom. The molecule has 270 valence electrons. The highest BCUT2D eigenvalue weighted by Crippen LogP contribution is 2.72. The van der Waals surface area contributed by atoms with Gasteiger partial charge in [-0.2, -0.15) is 5.26 Å². The van der Waals surface area contributed by atoms with Gasteiger partial charge < -0.3 is 9.47 Å². The third-order valence-electron chi connectivity index (χ3n) is 12.8. The number of ketones is 1. The van der Waals surface area contributed by atoms with Crippen LogP contribution in [0.2, 0.25) is 0 Å². The number of hydrogen-bond donors (Lipinski definition) is 0. The van der Waals surface area contributed by atoms with E-state index in [1.54, 1.807) is 12.1 Å². The number of fused-ring (bicyclic) bond motifs is 7. The van der Waals surface area contributed by atoms with E-state index in [0.29, 0.717) is 29.2 Å². The molecule has 5 heteroatoms. The van der Waals surface area contributed by atoms with Gasteiger partial charge in [-0.05, 0) is 122 Å². The maximum Gasteiger partial charge on any atom is 0.337 e. The predicted octanol–water partition coefficient (Wildman–Crippen LogP) is 11.9. The molecule has 0 aliphatic heterocycles. The van der Waals surface area contributed by atoms with E-state index in [4.69, 9.17) is 9.47 Å². The van der Waals surface area contributed by atoms with Crippen molar-refractivity contribution in [1.29, 1.82) is 5.26 Å². The number of nitriles is 1. The van der Waals surface area contributed by atoms with Gasteiger partial charge in [-0.25, -0.2) is 4.79 Å². The van der Waals surface area contributed by atoms with Crippen LogP contribution >= 0.6 is 0 Å². The highest BCUT2D eigenvalue weighted by atomic mass is 16.5. The van der Waals surface area contributed by atoms with E-state index in [0.717, 1.165) is 62.5 Å². The summed E-state index contributed by atoms with van der Waals surface area (Å²) in [6, 6.07) is 7.54. The van der Waals surface area contributed by atoms with Crippen LogP contribution in [0, 0.1) is 57.4 Å². The summed E-state index contributed by atoms with van der Waals surface area (Å²) >= 11 is 0. The SMILES string of the molecule is CC.CC.CC.CCC.COC(=O)c1ccc(C2=CC(=O)[C@@]3(C)C(CC[C@@]4(C)C5CC[C@@]6(OC#N)CCC[C@@H]6[C@H]5CCC43)C2(C)C)cc1. The van der Waals surface area contributed by atoms with Crippen molar-refractivity contribution in [2.45, 2.75) is 153 Å². The second kappa shape index (κ2) is 17.4. The number of allylic oxidation sites excluding steroid dienone is 2. The minimum absolute atomic E-state index is 0.134. The van der Waals surface area contributed by atoms with E-state index in [2.05, 4.69) is 47.8 Å². The fourth-order valence-corrected chi connectivity index (χ4v) is 11.1. The fraction of sp³-hybridized carbons (Fsp3) is 0.744. The topological polar surface area (TPSA) is 76.4 Å². The van der Waals surface area contributed by atoms with Gasteiger partial charge in [-0.15, -0.1) is 0 Å². The maximum atomic E-state index is 14.3. The van der Waals surface area contributed by atoms with E-state index in [9.17, 15) is 14.9 Å². The predicted molar refractivity (Wildman–Crippen MR) is 199 cm³/mol. The van der Waals surface area contributed by atoms with Crippen LogP contribution in [0.4, 0.5) is 0 Å². The number of carbonyl (C=O) groups excluding carboxylic acids is 2. The Bertz CT molecular complexity index is 1270. The largest absolute Gasteiger partial charge is 0.465 e. The smallest absolute Gasteiger partial charge is 0.337 e. The Kier molecular flexibility index (Phi) is 15.0. The summed E-state index contributed by atoms with van der Waals surface area (Å²) in [5.41, 5.74) is 1.98. The van der Waals surface area contributed by atoms with Gasteiger partial charge in [0.1, 0.15) is 5.60 Å². The third-order valence-corrected chi connectivity index (χ3v) is 12.8.